The van der Waals surface area contributed by atoms with Crippen LogP contribution in [0.2, 0.25) is 0 Å². The average molecular weight is 413 g/mol. The van der Waals surface area contributed by atoms with Crippen LogP contribution < -0.4 is 0 Å². The molecule has 0 N–H and O–H groups in total. The lowest BCUT2D eigenvalue weighted by Crippen LogP contribution is -2.51. The minimum atomic E-state index is -0.578. The number of aryl methyl sites for hydroxylation is 3. The molecule has 3 rings (SSSR count). The zero-order valence-electron chi connectivity index (χ0n) is 19.9. The Bertz CT molecular complexity index is 784. The highest BCUT2D eigenvalue weighted by molar-refractivity contribution is 5.44. The predicted octanol–water partition coefficient (Wildman–Crippen LogP) is 6.08. The van der Waals surface area contributed by atoms with E-state index in [9.17, 15) is 0 Å². The van der Waals surface area contributed by atoms with Crippen LogP contribution in [0, 0.1) is 33.1 Å². The van der Waals surface area contributed by atoms with Crippen LogP contribution in [-0.2, 0) is 22.4 Å². The molecule has 0 saturated carbocycles. The number of rotatable bonds is 9. The van der Waals surface area contributed by atoms with Crippen molar-refractivity contribution < 1.29 is 9.47 Å². The Kier molecular flexibility index (Phi) is 7.41. The summed E-state index contributed by atoms with van der Waals surface area (Å²) in [5.41, 5.74) is 6.98. The molecular formula is C26H40N2O2. The van der Waals surface area contributed by atoms with Crippen LogP contribution in [0.4, 0.5) is 0 Å². The minimum Gasteiger partial charge on any atom is -0.349 e. The summed E-state index contributed by atoms with van der Waals surface area (Å²) in [5, 5.41) is 0. The third-order valence-electron chi connectivity index (χ3n) is 7.12. The molecule has 0 spiro atoms. The molecule has 1 saturated heterocycles. The molecule has 1 aromatic carbocycles. The van der Waals surface area contributed by atoms with Gasteiger partial charge in [-0.3, -0.25) is 0 Å². The Hall–Kier alpha value is -1.65. The first-order valence-electron chi connectivity index (χ1n) is 11.6. The number of hydrogen-bond donors (Lipinski definition) is 0. The molecule has 0 radical (unpaired) electrons. The Morgan fingerprint density at radius 2 is 1.53 bits per heavy atom. The van der Waals surface area contributed by atoms with E-state index in [0.717, 1.165) is 32.6 Å². The van der Waals surface area contributed by atoms with Gasteiger partial charge in [0.2, 0.25) is 0 Å². The standard InChI is InChI=1S/C26H40N2O2/c1-7-9-25(10-8-2)17-29-26(30-18-25,11-13-28-14-12-27-19-28)16-24-22(5)20(3)15-21(4)23(24)6/h12,14-15,19H,7-11,13,16-18H2,1-6H3. The summed E-state index contributed by atoms with van der Waals surface area (Å²) in [6, 6.07) is 2.29. The van der Waals surface area contributed by atoms with E-state index in [4.69, 9.17) is 9.47 Å². The second kappa shape index (κ2) is 9.65. The minimum absolute atomic E-state index is 0.161. The first-order valence-corrected chi connectivity index (χ1v) is 11.6. The van der Waals surface area contributed by atoms with Gasteiger partial charge in [-0.1, -0.05) is 32.8 Å². The fraction of sp³-hybridized carbons (Fsp3) is 0.654. The molecule has 0 atom stereocenters. The fourth-order valence-electron chi connectivity index (χ4n) is 5.01. The highest BCUT2D eigenvalue weighted by Crippen LogP contribution is 2.41. The molecule has 4 nitrogen and oxygen atoms in total. The Morgan fingerprint density at radius 3 is 2.03 bits per heavy atom. The normalized spacial score (nSPS) is 17.9. The maximum atomic E-state index is 6.72. The smallest absolute Gasteiger partial charge is 0.174 e. The van der Waals surface area contributed by atoms with E-state index in [-0.39, 0.29) is 5.41 Å². The fourth-order valence-corrected chi connectivity index (χ4v) is 5.01. The van der Waals surface area contributed by atoms with Gasteiger partial charge < -0.3 is 14.0 Å². The van der Waals surface area contributed by atoms with Gasteiger partial charge in [0, 0.05) is 37.2 Å². The second-order valence-electron chi connectivity index (χ2n) is 9.45. The van der Waals surface area contributed by atoms with Crippen LogP contribution in [0.1, 0.15) is 73.8 Å². The zero-order valence-corrected chi connectivity index (χ0v) is 19.9. The van der Waals surface area contributed by atoms with Gasteiger partial charge in [-0.25, -0.2) is 4.98 Å². The number of aromatic nitrogens is 2. The van der Waals surface area contributed by atoms with Crippen molar-refractivity contribution in [1.29, 1.82) is 0 Å². The van der Waals surface area contributed by atoms with Crippen LogP contribution in [-0.4, -0.2) is 28.6 Å². The number of ether oxygens (including phenoxy) is 2. The molecule has 0 unspecified atom stereocenters. The Morgan fingerprint density at radius 1 is 0.933 bits per heavy atom. The lowest BCUT2D eigenvalue weighted by atomic mass is 9.79. The summed E-state index contributed by atoms with van der Waals surface area (Å²) < 4.78 is 15.6. The summed E-state index contributed by atoms with van der Waals surface area (Å²) >= 11 is 0. The number of imidazole rings is 1. The third kappa shape index (κ3) is 4.97. The van der Waals surface area contributed by atoms with Crippen molar-refractivity contribution >= 4 is 0 Å². The summed E-state index contributed by atoms with van der Waals surface area (Å²) in [5.74, 6) is -0.578. The van der Waals surface area contributed by atoms with Crippen LogP contribution >= 0.6 is 0 Å². The summed E-state index contributed by atoms with van der Waals surface area (Å²) in [6.07, 6.45) is 12.0. The molecule has 4 heteroatoms. The van der Waals surface area contributed by atoms with Gasteiger partial charge in [0.15, 0.2) is 5.79 Å². The Balaban J connectivity index is 1.88. The van der Waals surface area contributed by atoms with Crippen molar-refractivity contribution in [1.82, 2.24) is 9.55 Å². The van der Waals surface area contributed by atoms with Gasteiger partial charge in [-0.2, -0.15) is 0 Å². The molecule has 1 aromatic heterocycles. The second-order valence-corrected chi connectivity index (χ2v) is 9.45. The largest absolute Gasteiger partial charge is 0.349 e. The SMILES string of the molecule is CCCC1(CCC)COC(CCn2ccnc2)(Cc2c(C)c(C)cc(C)c2C)OC1. The molecule has 0 bridgehead atoms. The monoisotopic (exact) mass is 412 g/mol. The molecule has 1 aliphatic heterocycles. The quantitative estimate of drug-likeness (QED) is 0.501. The number of hydrogen-bond acceptors (Lipinski definition) is 3. The highest BCUT2D eigenvalue weighted by Gasteiger charge is 2.44. The van der Waals surface area contributed by atoms with Crippen molar-refractivity contribution in [2.45, 2.75) is 92.4 Å². The lowest BCUT2D eigenvalue weighted by molar-refractivity contribution is -0.309. The maximum Gasteiger partial charge on any atom is 0.174 e. The van der Waals surface area contributed by atoms with Gasteiger partial charge in [0.25, 0.3) is 0 Å². The van der Waals surface area contributed by atoms with E-state index in [1.54, 1.807) is 0 Å². The predicted molar refractivity (Wildman–Crippen MR) is 123 cm³/mol. The molecule has 2 heterocycles. The van der Waals surface area contributed by atoms with Crippen molar-refractivity contribution in [3.8, 4) is 0 Å². The van der Waals surface area contributed by atoms with Crippen molar-refractivity contribution in [2.24, 2.45) is 5.41 Å². The van der Waals surface area contributed by atoms with Gasteiger partial charge in [-0.15, -0.1) is 0 Å². The molecule has 0 amide bonds. The van der Waals surface area contributed by atoms with Crippen LogP contribution in [0.5, 0.6) is 0 Å². The zero-order chi connectivity index (χ0) is 21.8. The molecule has 166 valence electrons. The topological polar surface area (TPSA) is 36.3 Å². The molecule has 2 aromatic rings. The molecule has 0 aliphatic carbocycles. The van der Waals surface area contributed by atoms with Gasteiger partial charge in [-0.05, 0) is 68.4 Å². The summed E-state index contributed by atoms with van der Waals surface area (Å²) in [6.45, 7) is 15.9. The van der Waals surface area contributed by atoms with Gasteiger partial charge >= 0.3 is 0 Å². The number of benzene rings is 1. The van der Waals surface area contributed by atoms with Crippen molar-refractivity contribution in [3.63, 3.8) is 0 Å². The van der Waals surface area contributed by atoms with Gasteiger partial charge in [0.05, 0.1) is 19.5 Å². The first-order chi connectivity index (χ1) is 14.3. The van der Waals surface area contributed by atoms with E-state index < -0.39 is 5.79 Å². The lowest BCUT2D eigenvalue weighted by Gasteiger charge is -2.47. The van der Waals surface area contributed by atoms with Gasteiger partial charge in [0.1, 0.15) is 0 Å². The summed E-state index contributed by atoms with van der Waals surface area (Å²) in [4.78, 5) is 4.20. The van der Waals surface area contributed by atoms with Crippen molar-refractivity contribution in [2.75, 3.05) is 13.2 Å². The van der Waals surface area contributed by atoms with E-state index in [0.29, 0.717) is 0 Å². The van der Waals surface area contributed by atoms with E-state index in [2.05, 4.69) is 57.2 Å². The van der Waals surface area contributed by atoms with Crippen molar-refractivity contribution in [3.05, 3.63) is 52.6 Å². The molecule has 1 aliphatic rings. The molecule has 30 heavy (non-hydrogen) atoms. The van der Waals surface area contributed by atoms with Crippen LogP contribution in [0.15, 0.2) is 24.8 Å². The van der Waals surface area contributed by atoms with Crippen LogP contribution in [0.25, 0.3) is 0 Å². The van der Waals surface area contributed by atoms with E-state index in [1.165, 1.54) is 53.5 Å². The summed E-state index contributed by atoms with van der Waals surface area (Å²) in [7, 11) is 0. The number of nitrogens with zero attached hydrogens (tertiary/aromatic N) is 2. The van der Waals surface area contributed by atoms with E-state index in [1.807, 2.05) is 18.7 Å². The first kappa shape index (κ1) is 23.0. The molecule has 1 fully saturated rings. The third-order valence-corrected chi connectivity index (χ3v) is 7.12. The highest BCUT2D eigenvalue weighted by atomic mass is 16.7. The van der Waals surface area contributed by atoms with E-state index >= 15 is 0 Å². The average Bonchev–Trinajstić information content (AvgIpc) is 3.25. The Labute approximate surface area is 183 Å². The van der Waals surface area contributed by atoms with Crippen LogP contribution in [0.3, 0.4) is 0 Å². The molecular weight excluding hydrogens is 372 g/mol. The maximum absolute atomic E-state index is 6.72.